The number of phenols is 2. The predicted octanol–water partition coefficient (Wildman–Crippen LogP) is 12.4. The predicted molar refractivity (Wildman–Crippen MR) is 240 cm³/mol. The van der Waals surface area contributed by atoms with Gasteiger partial charge < -0.3 is 19.7 Å². The van der Waals surface area contributed by atoms with Crippen LogP contribution >= 0.6 is 0 Å². The second-order valence-corrected chi connectivity index (χ2v) is 18.0. The van der Waals surface area contributed by atoms with Gasteiger partial charge in [0, 0.05) is 11.1 Å². The Hall–Kier alpha value is -5.23. The zero-order chi connectivity index (χ0) is 43.1. The van der Waals surface area contributed by atoms with Gasteiger partial charge in [-0.25, -0.2) is 8.42 Å². The molecular weight excluding hydrogens is 777 g/mol. The van der Waals surface area contributed by atoms with Crippen molar-refractivity contribution < 1.29 is 32.9 Å². The Morgan fingerprint density at radius 3 is 2.00 bits per heavy atom. The molecule has 12 heteroatoms. The first-order chi connectivity index (χ1) is 29.0. The van der Waals surface area contributed by atoms with Crippen molar-refractivity contribution in [2.24, 2.45) is 15.3 Å². The number of aryl methyl sites for hydroxylation is 1. The molecule has 60 heavy (non-hydrogen) atoms. The number of carbonyl (C=O) groups is 1. The minimum Gasteiger partial charge on any atom is -0.508 e. The summed E-state index contributed by atoms with van der Waals surface area (Å²) < 4.78 is 40.2. The Labute approximate surface area is 356 Å². The first kappa shape index (κ1) is 45.8. The van der Waals surface area contributed by atoms with Gasteiger partial charge in [0.15, 0.2) is 15.9 Å². The summed E-state index contributed by atoms with van der Waals surface area (Å²) in [5.41, 5.74) is 2.29. The van der Waals surface area contributed by atoms with E-state index < -0.39 is 27.0 Å². The maximum atomic E-state index is 14.3. The first-order valence-corrected chi connectivity index (χ1v) is 23.1. The van der Waals surface area contributed by atoms with E-state index in [1.807, 2.05) is 6.07 Å². The van der Waals surface area contributed by atoms with Crippen LogP contribution in [0.4, 0.5) is 11.4 Å². The summed E-state index contributed by atoms with van der Waals surface area (Å²) in [6.07, 6.45) is 18.0. The number of carbonyl (C=O) groups excluding carboxylic acids is 1. The minimum atomic E-state index is -4.22. The number of sulfone groups is 1. The van der Waals surface area contributed by atoms with E-state index in [1.54, 1.807) is 62.4 Å². The molecule has 4 aromatic rings. The number of hydrazone groups is 1. The van der Waals surface area contributed by atoms with Crippen LogP contribution in [-0.2, 0) is 14.6 Å². The number of unbranched alkanes of at least 4 members (excludes halogenated alkanes) is 13. The summed E-state index contributed by atoms with van der Waals surface area (Å²) in [5, 5.41) is 35.5. The van der Waals surface area contributed by atoms with Crippen LogP contribution in [0.15, 0.2) is 99.1 Å². The van der Waals surface area contributed by atoms with Crippen molar-refractivity contribution in [3.05, 3.63) is 90.0 Å². The van der Waals surface area contributed by atoms with Crippen molar-refractivity contribution in [2.45, 2.75) is 134 Å². The molecule has 0 spiro atoms. The van der Waals surface area contributed by atoms with E-state index in [0.29, 0.717) is 34.9 Å². The summed E-state index contributed by atoms with van der Waals surface area (Å²) in [7, 11) is -2.80. The van der Waals surface area contributed by atoms with Crippen molar-refractivity contribution in [3.8, 4) is 34.1 Å². The Kier molecular flexibility index (Phi) is 17.1. The van der Waals surface area contributed by atoms with Gasteiger partial charge in [0.2, 0.25) is 0 Å². The molecule has 322 valence electrons. The molecule has 0 saturated carbocycles. The maximum Gasteiger partial charge on any atom is 0.280 e. The summed E-state index contributed by atoms with van der Waals surface area (Å²) >= 11 is 0. The fourth-order valence-electron chi connectivity index (χ4n) is 7.56. The molecule has 0 fully saturated rings. The molecule has 1 aliphatic rings. The fraction of sp³-hybridized carbons (Fsp3) is 0.458. The number of anilines is 1. The molecule has 4 aromatic carbocycles. The zero-order valence-corrected chi connectivity index (χ0v) is 36.7. The SMILES string of the molecule is CCCCCCCCCCCCCCCCOc1ccc(-c2c(O)c(C)cc(O)c2[C@@H](C)S(=O)(=O)c2ccc(OC)c(N=N[C@H]3C(=O)N(c4ccccc4)N=C3C)c2)cc1. The van der Waals surface area contributed by atoms with Crippen LogP contribution in [0.2, 0.25) is 0 Å². The highest BCUT2D eigenvalue weighted by Gasteiger charge is 2.35. The lowest BCUT2D eigenvalue weighted by molar-refractivity contribution is -0.117. The number of rotatable bonds is 24. The molecule has 11 nitrogen and oxygen atoms in total. The second-order valence-electron chi connectivity index (χ2n) is 15.7. The lowest BCUT2D eigenvalue weighted by atomic mass is 9.93. The minimum absolute atomic E-state index is 0.0533. The maximum absolute atomic E-state index is 14.3. The molecule has 0 aliphatic carbocycles. The molecule has 5 rings (SSSR count). The van der Waals surface area contributed by atoms with Gasteiger partial charge in [-0.05, 0) is 86.8 Å². The summed E-state index contributed by atoms with van der Waals surface area (Å²) in [5.74, 6) is 0.118. The third kappa shape index (κ3) is 11.7. The average molecular weight is 839 g/mol. The molecule has 0 unspecified atom stereocenters. The number of aromatic hydroxyl groups is 2. The molecule has 1 heterocycles. The highest BCUT2D eigenvalue weighted by Crippen LogP contribution is 2.47. The topological polar surface area (TPSA) is 150 Å². The Morgan fingerprint density at radius 1 is 0.800 bits per heavy atom. The van der Waals surface area contributed by atoms with Crippen LogP contribution in [0.25, 0.3) is 11.1 Å². The normalized spacial score (nSPS) is 14.8. The number of benzene rings is 4. The average Bonchev–Trinajstić information content (AvgIpc) is 3.54. The van der Waals surface area contributed by atoms with Crippen molar-refractivity contribution in [1.29, 1.82) is 0 Å². The number of nitrogens with zero attached hydrogens (tertiary/aromatic N) is 4. The van der Waals surface area contributed by atoms with Crippen molar-refractivity contribution in [1.82, 2.24) is 0 Å². The van der Waals surface area contributed by atoms with Crippen LogP contribution in [0.1, 0.15) is 127 Å². The second kappa shape index (κ2) is 22.4. The number of hydrogen-bond acceptors (Lipinski definition) is 10. The van der Waals surface area contributed by atoms with Crippen LogP contribution in [0.5, 0.6) is 23.0 Å². The van der Waals surface area contributed by atoms with Crippen LogP contribution in [0, 0.1) is 6.92 Å². The summed E-state index contributed by atoms with van der Waals surface area (Å²) in [6, 6.07) is 20.6. The summed E-state index contributed by atoms with van der Waals surface area (Å²) in [4.78, 5) is 13.1. The van der Waals surface area contributed by atoms with E-state index in [-0.39, 0.29) is 39.0 Å². The van der Waals surface area contributed by atoms with Crippen molar-refractivity contribution in [2.75, 3.05) is 18.7 Å². The first-order valence-electron chi connectivity index (χ1n) is 21.5. The van der Waals surface area contributed by atoms with Gasteiger partial charge in [0.05, 0.1) is 35.3 Å². The molecule has 0 bridgehead atoms. The van der Waals surface area contributed by atoms with E-state index >= 15 is 0 Å². The molecule has 1 aliphatic heterocycles. The Bertz CT molecular complexity index is 2190. The number of methoxy groups -OCH3 is 1. The smallest absolute Gasteiger partial charge is 0.280 e. The number of para-hydroxylation sites is 1. The van der Waals surface area contributed by atoms with Gasteiger partial charge in [-0.1, -0.05) is 121 Å². The molecular formula is C48H62N4O7S. The number of ether oxygens (including phenoxy) is 2. The fourth-order valence-corrected chi connectivity index (χ4v) is 9.05. The highest BCUT2D eigenvalue weighted by atomic mass is 32.2. The number of amides is 1. The van der Waals surface area contributed by atoms with Crippen molar-refractivity contribution in [3.63, 3.8) is 0 Å². The third-order valence-electron chi connectivity index (χ3n) is 11.1. The molecule has 2 N–H and O–H groups in total. The van der Waals surface area contributed by atoms with Gasteiger partial charge in [-0.2, -0.15) is 20.3 Å². The largest absolute Gasteiger partial charge is 0.508 e. The third-order valence-corrected chi connectivity index (χ3v) is 13.2. The van der Waals surface area contributed by atoms with Gasteiger partial charge in [-0.3, -0.25) is 4.79 Å². The van der Waals surface area contributed by atoms with Gasteiger partial charge in [0.25, 0.3) is 5.91 Å². The van der Waals surface area contributed by atoms with Crippen molar-refractivity contribution >= 4 is 32.8 Å². The van der Waals surface area contributed by atoms with E-state index in [4.69, 9.17) is 9.47 Å². The standard InChI is InChI=1S/C48H62N4O7S/c1-6-7-8-9-10-11-12-13-14-15-16-17-18-22-31-59-39-27-25-37(26-28-39)45-44(42(53)32-34(2)47(45)54)36(4)60(56,57)40-29-30-43(58-5)41(33-40)49-50-46-35(3)51-52(48(46)55)38-23-20-19-21-24-38/h19-21,23-30,32-33,36,46,53-54H,6-18,22,31H2,1-5H3/t36-,46-/m1/s1. The van der Waals surface area contributed by atoms with Crippen LogP contribution in [-0.4, -0.2) is 50.0 Å². The van der Waals surface area contributed by atoms with Gasteiger partial charge in [-0.15, -0.1) is 0 Å². The number of azo groups is 1. The van der Waals surface area contributed by atoms with E-state index in [0.717, 1.165) is 12.8 Å². The summed E-state index contributed by atoms with van der Waals surface area (Å²) in [6.45, 7) is 7.64. The lowest BCUT2D eigenvalue weighted by Crippen LogP contribution is -2.29. The van der Waals surface area contributed by atoms with Crippen LogP contribution in [0.3, 0.4) is 0 Å². The molecule has 0 saturated heterocycles. The molecule has 1 amide bonds. The number of phenolic OH excluding ortho intramolecular Hbond substituents is 2. The van der Waals surface area contributed by atoms with E-state index in [9.17, 15) is 23.4 Å². The van der Waals surface area contributed by atoms with E-state index in [1.165, 1.54) is 120 Å². The lowest BCUT2D eigenvalue weighted by Gasteiger charge is -2.21. The molecule has 2 atom stereocenters. The Balaban J connectivity index is 1.22. The monoisotopic (exact) mass is 838 g/mol. The number of hydrogen-bond donors (Lipinski definition) is 2. The van der Waals surface area contributed by atoms with Gasteiger partial charge >= 0.3 is 0 Å². The molecule has 0 radical (unpaired) electrons. The van der Waals surface area contributed by atoms with Crippen LogP contribution < -0.4 is 14.5 Å². The van der Waals surface area contributed by atoms with E-state index in [2.05, 4.69) is 22.3 Å². The Morgan fingerprint density at radius 2 is 1.40 bits per heavy atom. The zero-order valence-electron chi connectivity index (χ0n) is 35.9. The molecule has 0 aromatic heterocycles. The van der Waals surface area contributed by atoms with Gasteiger partial charge in [0.1, 0.15) is 28.7 Å². The quantitative estimate of drug-likeness (QED) is 0.0405. The highest BCUT2D eigenvalue weighted by molar-refractivity contribution is 7.91.